The third kappa shape index (κ3) is 1.27. The number of hydrogen-bond donors (Lipinski definition) is 1. The fourth-order valence-corrected chi connectivity index (χ4v) is 1.44. The van der Waals surface area contributed by atoms with Gasteiger partial charge in [0.05, 0.1) is 5.69 Å². The van der Waals surface area contributed by atoms with Crippen LogP contribution in [0, 0.1) is 11.2 Å². The lowest BCUT2D eigenvalue weighted by Gasteiger charge is -2.14. The number of rotatable bonds is 1. The number of benzene rings is 1. The summed E-state index contributed by atoms with van der Waals surface area (Å²) in [6.07, 6.45) is 0. The topological polar surface area (TPSA) is 64.5 Å². The van der Waals surface area contributed by atoms with Crippen molar-refractivity contribution >= 4 is 23.5 Å². The molecule has 5 nitrogen and oxygen atoms in total. The molecule has 0 atom stereocenters. The van der Waals surface area contributed by atoms with Crippen LogP contribution in [-0.2, 0) is 4.79 Å². The molecule has 0 aliphatic carbocycles. The van der Waals surface area contributed by atoms with Crippen molar-refractivity contribution in [2.45, 2.75) is 0 Å². The lowest BCUT2D eigenvalue weighted by molar-refractivity contribution is -0.119. The number of urea groups is 1. The van der Waals surface area contributed by atoms with Gasteiger partial charge in [-0.05, 0) is 12.1 Å². The second kappa shape index (κ2) is 3.41. The van der Waals surface area contributed by atoms with Gasteiger partial charge in [-0.2, -0.15) is 0 Å². The van der Waals surface area contributed by atoms with E-state index in [1.54, 1.807) is 0 Å². The molecule has 1 aromatic carbocycles. The monoisotopic (exact) mass is 221 g/mol. The van der Waals surface area contributed by atoms with Gasteiger partial charge in [-0.1, -0.05) is 12.1 Å². The Kier molecular flexibility index (Phi) is 2.19. The molecule has 1 aromatic rings. The summed E-state index contributed by atoms with van der Waals surface area (Å²) in [6.45, 7) is 0. The number of halogens is 1. The lowest BCUT2D eigenvalue weighted by Crippen LogP contribution is -2.31. The maximum atomic E-state index is 13.4. The minimum Gasteiger partial charge on any atom is -0.279 e. The Morgan fingerprint density at radius 2 is 1.88 bits per heavy atom. The van der Waals surface area contributed by atoms with Crippen LogP contribution in [0.2, 0.25) is 0 Å². The smallest absolute Gasteiger partial charge is 0.279 e. The van der Waals surface area contributed by atoms with Crippen LogP contribution in [-0.4, -0.2) is 29.7 Å². The first-order valence-corrected chi connectivity index (χ1v) is 4.49. The largest absolute Gasteiger partial charge is 0.337 e. The van der Waals surface area contributed by atoms with Crippen molar-refractivity contribution in [3.63, 3.8) is 0 Å². The van der Waals surface area contributed by atoms with Crippen molar-refractivity contribution in [2.24, 2.45) is 0 Å². The van der Waals surface area contributed by atoms with Gasteiger partial charge in [-0.3, -0.25) is 15.1 Å². The van der Waals surface area contributed by atoms with Crippen molar-refractivity contribution in [3.8, 4) is 0 Å². The van der Waals surface area contributed by atoms with E-state index in [1.165, 1.54) is 31.3 Å². The fourth-order valence-electron chi connectivity index (χ4n) is 1.44. The van der Waals surface area contributed by atoms with Crippen LogP contribution in [0.15, 0.2) is 24.3 Å². The van der Waals surface area contributed by atoms with E-state index >= 15 is 0 Å². The van der Waals surface area contributed by atoms with Crippen LogP contribution in [0.1, 0.15) is 0 Å². The Morgan fingerprint density at radius 1 is 1.25 bits per heavy atom. The van der Waals surface area contributed by atoms with Crippen LogP contribution < -0.4 is 4.90 Å². The Bertz CT molecular complexity index is 501. The summed E-state index contributed by atoms with van der Waals surface area (Å²) < 4.78 is 13.4. The van der Waals surface area contributed by atoms with Gasteiger partial charge in [-0.15, -0.1) is 0 Å². The van der Waals surface area contributed by atoms with Gasteiger partial charge < -0.3 is 0 Å². The van der Waals surface area contributed by atoms with Crippen molar-refractivity contribution < 1.29 is 14.0 Å². The van der Waals surface area contributed by atoms with Crippen LogP contribution in [0.4, 0.5) is 14.9 Å². The minimum atomic E-state index is -0.742. The molecule has 1 saturated heterocycles. The average Bonchev–Trinajstić information content (AvgIpc) is 2.45. The molecule has 3 amide bonds. The molecule has 0 unspecified atom stereocenters. The first kappa shape index (κ1) is 10.3. The number of para-hydroxylation sites is 1. The van der Waals surface area contributed by atoms with Gasteiger partial charge >= 0.3 is 6.03 Å². The molecule has 0 saturated carbocycles. The number of anilines is 1. The first-order valence-electron chi connectivity index (χ1n) is 4.49. The molecule has 0 bridgehead atoms. The summed E-state index contributed by atoms with van der Waals surface area (Å²) >= 11 is 0. The number of nitrogens with zero attached hydrogens (tertiary/aromatic N) is 2. The minimum absolute atomic E-state index is 0.0878. The van der Waals surface area contributed by atoms with Crippen molar-refractivity contribution in [2.75, 3.05) is 11.9 Å². The highest BCUT2D eigenvalue weighted by Crippen LogP contribution is 2.23. The van der Waals surface area contributed by atoms with Gasteiger partial charge in [0.25, 0.3) is 5.91 Å². The van der Waals surface area contributed by atoms with Crippen LogP contribution in [0.3, 0.4) is 0 Å². The highest BCUT2D eigenvalue weighted by molar-refractivity contribution is 6.53. The Labute approximate surface area is 90.6 Å². The zero-order valence-corrected chi connectivity index (χ0v) is 8.40. The van der Waals surface area contributed by atoms with E-state index in [-0.39, 0.29) is 5.69 Å². The maximum Gasteiger partial charge on any atom is 0.337 e. The number of carbonyl (C=O) groups excluding carboxylic acids is 2. The van der Waals surface area contributed by atoms with Gasteiger partial charge in [-0.25, -0.2) is 14.1 Å². The molecule has 0 spiro atoms. The summed E-state index contributed by atoms with van der Waals surface area (Å²) in [7, 11) is 1.25. The second-order valence-corrected chi connectivity index (χ2v) is 3.28. The molecule has 1 aliphatic heterocycles. The van der Waals surface area contributed by atoms with E-state index < -0.39 is 23.6 Å². The lowest BCUT2D eigenvalue weighted by atomic mass is 10.3. The normalized spacial score (nSPS) is 16.2. The second-order valence-electron chi connectivity index (χ2n) is 3.28. The Balaban J connectivity index is 2.51. The predicted octanol–water partition coefficient (Wildman–Crippen LogP) is 1.20. The zero-order valence-electron chi connectivity index (χ0n) is 8.40. The van der Waals surface area contributed by atoms with Crippen LogP contribution in [0.5, 0.6) is 0 Å². The third-order valence-electron chi connectivity index (χ3n) is 2.30. The number of amides is 3. The van der Waals surface area contributed by atoms with E-state index in [4.69, 9.17) is 5.41 Å². The molecule has 0 aromatic heterocycles. The first-order chi connectivity index (χ1) is 7.54. The van der Waals surface area contributed by atoms with Gasteiger partial charge in [0, 0.05) is 7.05 Å². The Hall–Kier alpha value is -2.24. The third-order valence-corrected chi connectivity index (χ3v) is 2.30. The van der Waals surface area contributed by atoms with E-state index in [0.29, 0.717) is 0 Å². The zero-order chi connectivity index (χ0) is 11.9. The number of nitrogens with one attached hydrogen (secondary N) is 1. The van der Waals surface area contributed by atoms with E-state index in [9.17, 15) is 14.0 Å². The van der Waals surface area contributed by atoms with Gasteiger partial charge in [0.2, 0.25) is 5.84 Å². The summed E-state index contributed by atoms with van der Waals surface area (Å²) in [5.41, 5.74) is -0.0878. The van der Waals surface area contributed by atoms with Crippen LogP contribution >= 0.6 is 0 Å². The predicted molar refractivity (Wildman–Crippen MR) is 54.8 cm³/mol. The summed E-state index contributed by atoms with van der Waals surface area (Å²) in [5.74, 6) is -1.94. The van der Waals surface area contributed by atoms with Crippen molar-refractivity contribution in [1.29, 1.82) is 5.41 Å². The maximum absolute atomic E-state index is 13.4. The molecule has 0 radical (unpaired) electrons. The fraction of sp³-hybridized carbons (Fsp3) is 0.100. The summed E-state index contributed by atoms with van der Waals surface area (Å²) in [6, 6.07) is 4.78. The number of likely N-dealkylation sites (N-methyl/N-ethyl adjacent to an activating group) is 1. The highest BCUT2D eigenvalue weighted by atomic mass is 19.1. The Morgan fingerprint density at radius 3 is 2.38 bits per heavy atom. The van der Waals surface area contributed by atoms with E-state index in [1.807, 2.05) is 0 Å². The number of imide groups is 1. The molecule has 1 N–H and O–H groups in total. The summed E-state index contributed by atoms with van der Waals surface area (Å²) in [4.78, 5) is 24.4. The molecular weight excluding hydrogens is 213 g/mol. The SMILES string of the molecule is CN1C(=O)C(=N)N(c2ccccc2F)C1=O. The highest BCUT2D eigenvalue weighted by Gasteiger charge is 2.41. The van der Waals surface area contributed by atoms with Crippen LogP contribution in [0.25, 0.3) is 0 Å². The molecule has 1 heterocycles. The van der Waals surface area contributed by atoms with Gasteiger partial charge in [0.15, 0.2) is 0 Å². The molecule has 1 fully saturated rings. The molecule has 1 aliphatic rings. The average molecular weight is 221 g/mol. The molecule has 82 valence electrons. The van der Waals surface area contributed by atoms with E-state index in [0.717, 1.165) is 9.80 Å². The van der Waals surface area contributed by atoms with E-state index in [2.05, 4.69) is 0 Å². The molecule has 2 rings (SSSR count). The quantitative estimate of drug-likeness (QED) is 0.724. The number of hydrogen-bond acceptors (Lipinski definition) is 3. The number of carbonyl (C=O) groups is 2. The molecule has 16 heavy (non-hydrogen) atoms. The van der Waals surface area contributed by atoms with Crippen molar-refractivity contribution in [3.05, 3.63) is 30.1 Å². The summed E-state index contributed by atoms with van der Waals surface area (Å²) in [5, 5.41) is 7.45. The standard InChI is InChI=1S/C10H8FN3O2/c1-13-9(15)8(12)14(10(13)16)7-5-3-2-4-6(7)11/h2-5,12H,1H3. The van der Waals surface area contributed by atoms with Crippen molar-refractivity contribution in [1.82, 2.24) is 4.90 Å². The number of amidine groups is 1. The van der Waals surface area contributed by atoms with Gasteiger partial charge in [0.1, 0.15) is 5.82 Å². The molecular formula is C10H8FN3O2. The molecule has 6 heteroatoms.